The summed E-state index contributed by atoms with van der Waals surface area (Å²) >= 11 is 0. The normalized spacial score (nSPS) is 12.0. The molecule has 6 nitrogen and oxygen atoms in total. The summed E-state index contributed by atoms with van der Waals surface area (Å²) in [5.74, 6) is 0.0845. The van der Waals surface area contributed by atoms with E-state index in [-0.39, 0.29) is 16.8 Å². The number of aromatic nitrogens is 4. The molecule has 3 aromatic rings. The number of nitrogens with one attached hydrogen (secondary N) is 1. The zero-order valence-corrected chi connectivity index (χ0v) is 12.1. The van der Waals surface area contributed by atoms with Gasteiger partial charge in [-0.25, -0.2) is 9.67 Å². The molecule has 21 heavy (non-hydrogen) atoms. The maximum atomic E-state index is 12.2. The summed E-state index contributed by atoms with van der Waals surface area (Å²) in [5.41, 5.74) is 0.858. The van der Waals surface area contributed by atoms with Crippen LogP contribution in [0.3, 0.4) is 0 Å². The molecule has 2 heterocycles. The van der Waals surface area contributed by atoms with Gasteiger partial charge in [-0.1, -0.05) is 12.1 Å². The Morgan fingerprint density at radius 1 is 1.24 bits per heavy atom. The van der Waals surface area contributed by atoms with Crippen molar-refractivity contribution in [2.24, 2.45) is 0 Å². The van der Waals surface area contributed by atoms with Gasteiger partial charge in [0, 0.05) is 5.56 Å². The first-order chi connectivity index (χ1) is 9.89. The van der Waals surface area contributed by atoms with E-state index >= 15 is 0 Å². The van der Waals surface area contributed by atoms with Crippen molar-refractivity contribution in [3.63, 3.8) is 0 Å². The number of hydrogen-bond acceptors (Lipinski definition) is 4. The number of benzene rings is 1. The predicted molar refractivity (Wildman–Crippen MR) is 80.2 cm³/mol. The van der Waals surface area contributed by atoms with Crippen molar-refractivity contribution in [1.82, 2.24) is 19.7 Å². The number of para-hydroxylation sites is 1. The number of hydrogen-bond donors (Lipinski definition) is 2. The molecular formula is C15H16N4O2. The van der Waals surface area contributed by atoms with Crippen molar-refractivity contribution in [3.05, 3.63) is 40.9 Å². The molecule has 0 unspecified atom stereocenters. The van der Waals surface area contributed by atoms with Crippen LogP contribution in [0.1, 0.15) is 20.8 Å². The van der Waals surface area contributed by atoms with Gasteiger partial charge in [0.1, 0.15) is 16.8 Å². The smallest absolute Gasteiger partial charge is 0.262 e. The van der Waals surface area contributed by atoms with E-state index in [1.54, 1.807) is 28.9 Å². The summed E-state index contributed by atoms with van der Waals surface area (Å²) < 4.78 is 1.71. The number of aromatic hydroxyl groups is 1. The zero-order chi connectivity index (χ0) is 15.2. The van der Waals surface area contributed by atoms with E-state index in [0.29, 0.717) is 22.3 Å². The van der Waals surface area contributed by atoms with Gasteiger partial charge in [0.05, 0.1) is 11.9 Å². The van der Waals surface area contributed by atoms with Gasteiger partial charge < -0.3 is 10.1 Å². The molecular weight excluding hydrogens is 268 g/mol. The monoisotopic (exact) mass is 284 g/mol. The molecule has 6 heteroatoms. The van der Waals surface area contributed by atoms with Crippen molar-refractivity contribution < 1.29 is 5.11 Å². The molecule has 108 valence electrons. The van der Waals surface area contributed by atoms with Crippen LogP contribution in [0.4, 0.5) is 0 Å². The van der Waals surface area contributed by atoms with Crippen LogP contribution in [-0.4, -0.2) is 24.9 Å². The second kappa shape index (κ2) is 4.44. The molecule has 0 radical (unpaired) electrons. The van der Waals surface area contributed by atoms with Gasteiger partial charge in [-0.15, -0.1) is 0 Å². The third-order valence-corrected chi connectivity index (χ3v) is 3.27. The fourth-order valence-electron chi connectivity index (χ4n) is 2.29. The van der Waals surface area contributed by atoms with Crippen molar-refractivity contribution in [2.45, 2.75) is 26.3 Å². The minimum Gasteiger partial charge on any atom is -0.507 e. The molecule has 0 fully saturated rings. The number of rotatable bonds is 1. The quantitative estimate of drug-likeness (QED) is 0.718. The Bertz CT molecular complexity index is 871. The summed E-state index contributed by atoms with van der Waals surface area (Å²) in [5, 5.41) is 15.0. The first-order valence-corrected chi connectivity index (χ1v) is 6.65. The van der Waals surface area contributed by atoms with E-state index in [9.17, 15) is 9.90 Å². The van der Waals surface area contributed by atoms with E-state index in [0.717, 1.165) is 0 Å². The predicted octanol–water partition coefficient (Wildman–Crippen LogP) is 2.25. The van der Waals surface area contributed by atoms with Crippen molar-refractivity contribution >= 4 is 11.0 Å². The van der Waals surface area contributed by atoms with Gasteiger partial charge in [0.25, 0.3) is 5.56 Å². The summed E-state index contributed by atoms with van der Waals surface area (Å²) in [4.78, 5) is 19.0. The second-order valence-corrected chi connectivity index (χ2v) is 5.88. The Labute approximate surface area is 121 Å². The molecule has 0 bridgehead atoms. The van der Waals surface area contributed by atoms with Crippen molar-refractivity contribution in [3.8, 4) is 17.0 Å². The third-order valence-electron chi connectivity index (χ3n) is 3.27. The lowest BCUT2D eigenvalue weighted by molar-refractivity contribution is 0.366. The average Bonchev–Trinajstić information content (AvgIpc) is 2.80. The SMILES string of the molecule is CC(C)(C)n1nc(-c2ccccc2O)c2c(=O)[nH]cnc21. The summed E-state index contributed by atoms with van der Waals surface area (Å²) in [6, 6.07) is 6.82. The highest BCUT2D eigenvalue weighted by atomic mass is 16.3. The number of phenols is 1. The topological polar surface area (TPSA) is 83.8 Å². The molecule has 0 aliphatic carbocycles. The maximum absolute atomic E-state index is 12.2. The lowest BCUT2D eigenvalue weighted by Gasteiger charge is -2.19. The maximum Gasteiger partial charge on any atom is 0.262 e. The highest BCUT2D eigenvalue weighted by molar-refractivity contribution is 5.92. The largest absolute Gasteiger partial charge is 0.507 e. The van der Waals surface area contributed by atoms with Crippen LogP contribution in [0.15, 0.2) is 35.4 Å². The molecule has 0 amide bonds. The summed E-state index contributed by atoms with van der Waals surface area (Å²) in [6.45, 7) is 5.95. The van der Waals surface area contributed by atoms with Gasteiger partial charge in [0.15, 0.2) is 5.65 Å². The molecule has 0 saturated heterocycles. The molecule has 0 aliphatic rings. The molecule has 0 saturated carbocycles. The number of fused-ring (bicyclic) bond motifs is 1. The van der Waals surface area contributed by atoms with Crippen LogP contribution in [-0.2, 0) is 5.54 Å². The van der Waals surface area contributed by atoms with E-state index < -0.39 is 0 Å². The molecule has 0 atom stereocenters. The van der Waals surface area contributed by atoms with E-state index in [1.807, 2.05) is 20.8 Å². The van der Waals surface area contributed by atoms with Gasteiger partial charge in [0.2, 0.25) is 0 Å². The Morgan fingerprint density at radius 3 is 2.62 bits per heavy atom. The number of aromatic amines is 1. The molecule has 3 rings (SSSR count). The Hall–Kier alpha value is -2.63. The van der Waals surface area contributed by atoms with Crippen LogP contribution < -0.4 is 5.56 Å². The summed E-state index contributed by atoms with van der Waals surface area (Å²) in [6.07, 6.45) is 1.36. The van der Waals surface area contributed by atoms with Gasteiger partial charge in [-0.05, 0) is 32.9 Å². The first kappa shape index (κ1) is 13.4. The van der Waals surface area contributed by atoms with Crippen molar-refractivity contribution in [1.29, 1.82) is 0 Å². The van der Waals surface area contributed by atoms with E-state index in [2.05, 4.69) is 15.1 Å². The Kier molecular flexibility index (Phi) is 2.83. The van der Waals surface area contributed by atoms with Gasteiger partial charge >= 0.3 is 0 Å². The van der Waals surface area contributed by atoms with E-state index in [1.165, 1.54) is 6.33 Å². The molecule has 2 aromatic heterocycles. The van der Waals surface area contributed by atoms with Crippen molar-refractivity contribution in [2.75, 3.05) is 0 Å². The van der Waals surface area contributed by atoms with Gasteiger partial charge in [-0.2, -0.15) is 5.10 Å². The van der Waals surface area contributed by atoms with Gasteiger partial charge in [-0.3, -0.25) is 4.79 Å². The number of H-pyrrole nitrogens is 1. The highest BCUT2D eigenvalue weighted by Gasteiger charge is 2.24. The van der Waals surface area contributed by atoms with E-state index in [4.69, 9.17) is 0 Å². The lowest BCUT2D eigenvalue weighted by Crippen LogP contribution is -2.23. The molecule has 2 N–H and O–H groups in total. The Morgan fingerprint density at radius 2 is 1.95 bits per heavy atom. The van der Waals surface area contributed by atoms with Crippen LogP contribution in [0, 0.1) is 0 Å². The zero-order valence-electron chi connectivity index (χ0n) is 12.1. The third kappa shape index (κ3) is 2.08. The fourth-order valence-corrected chi connectivity index (χ4v) is 2.29. The second-order valence-electron chi connectivity index (χ2n) is 5.88. The summed E-state index contributed by atoms with van der Waals surface area (Å²) in [7, 11) is 0. The Balaban J connectivity index is 2.45. The molecule has 0 aliphatic heterocycles. The highest BCUT2D eigenvalue weighted by Crippen LogP contribution is 2.32. The van der Waals surface area contributed by atoms with Crippen LogP contribution in [0.25, 0.3) is 22.3 Å². The fraction of sp³-hybridized carbons (Fsp3) is 0.267. The standard InChI is InChI=1S/C15H16N4O2/c1-15(2,3)19-13-11(14(21)17-8-16-13)12(18-19)9-6-4-5-7-10(9)20/h4-8,20H,1-3H3,(H,16,17,21). The molecule has 0 spiro atoms. The average molecular weight is 284 g/mol. The lowest BCUT2D eigenvalue weighted by atomic mass is 10.1. The van der Waals surface area contributed by atoms with Crippen LogP contribution in [0.5, 0.6) is 5.75 Å². The molecule has 1 aromatic carbocycles. The number of nitrogens with zero attached hydrogens (tertiary/aromatic N) is 3. The number of phenolic OH excluding ortho intramolecular Hbond substituents is 1. The minimum atomic E-state index is -0.332. The van der Waals surface area contributed by atoms with Crippen LogP contribution in [0.2, 0.25) is 0 Å². The first-order valence-electron chi connectivity index (χ1n) is 6.65. The van der Waals surface area contributed by atoms with Crippen LogP contribution >= 0.6 is 0 Å². The minimum absolute atomic E-state index is 0.0845.